The largest absolute Gasteiger partial charge is 0.493 e. The molecule has 0 unspecified atom stereocenters. The molecular formula is C23H24ClN3O3. The Morgan fingerprint density at radius 2 is 1.97 bits per heavy atom. The smallest absolute Gasteiger partial charge is 0.256 e. The highest BCUT2D eigenvalue weighted by Gasteiger charge is 2.21. The zero-order valence-corrected chi connectivity index (χ0v) is 18.0. The highest BCUT2D eigenvalue weighted by atomic mass is 35.5. The van der Waals surface area contributed by atoms with Crippen molar-refractivity contribution in [1.82, 2.24) is 15.1 Å². The maximum absolute atomic E-state index is 12.9. The molecule has 2 aromatic carbocycles. The number of aromatic nitrogens is 2. The third-order valence-corrected chi connectivity index (χ3v) is 5.01. The van der Waals surface area contributed by atoms with E-state index in [2.05, 4.69) is 17.0 Å². The number of halogens is 1. The van der Waals surface area contributed by atoms with Crippen molar-refractivity contribution in [3.63, 3.8) is 0 Å². The van der Waals surface area contributed by atoms with Crippen molar-refractivity contribution < 1.29 is 14.3 Å². The van der Waals surface area contributed by atoms with Crippen LogP contribution in [-0.2, 0) is 13.0 Å². The fraction of sp³-hybridized carbons (Fsp3) is 0.217. The zero-order chi connectivity index (χ0) is 21.7. The van der Waals surface area contributed by atoms with Crippen molar-refractivity contribution in [2.45, 2.75) is 19.9 Å². The SMILES string of the molecule is C=CCc1cc(CNC(=O)c2c(C)nn(-c3ccccc3)c2Cl)cc(OC)c1OC. The number of hydrogen-bond donors (Lipinski definition) is 1. The Hall–Kier alpha value is -3.25. The quantitative estimate of drug-likeness (QED) is 0.539. The van der Waals surface area contributed by atoms with Gasteiger partial charge in [-0.25, -0.2) is 4.68 Å². The predicted octanol–water partition coefficient (Wildman–Crippen LogP) is 4.51. The Kier molecular flexibility index (Phi) is 6.79. The van der Waals surface area contributed by atoms with Gasteiger partial charge in [-0.15, -0.1) is 6.58 Å². The molecule has 1 N–H and O–H groups in total. The van der Waals surface area contributed by atoms with Gasteiger partial charge in [-0.2, -0.15) is 5.10 Å². The van der Waals surface area contributed by atoms with Crippen LogP contribution in [-0.4, -0.2) is 29.9 Å². The summed E-state index contributed by atoms with van der Waals surface area (Å²) in [6.07, 6.45) is 2.41. The number of aryl methyl sites for hydroxylation is 1. The monoisotopic (exact) mass is 425 g/mol. The van der Waals surface area contributed by atoms with Gasteiger partial charge in [0.25, 0.3) is 5.91 Å². The summed E-state index contributed by atoms with van der Waals surface area (Å²) in [5.74, 6) is 0.974. The second kappa shape index (κ2) is 9.50. The van der Waals surface area contributed by atoms with Crippen LogP contribution in [0.1, 0.15) is 27.2 Å². The number of carbonyl (C=O) groups is 1. The number of methoxy groups -OCH3 is 2. The molecule has 0 aliphatic heterocycles. The summed E-state index contributed by atoms with van der Waals surface area (Å²) >= 11 is 6.49. The van der Waals surface area contributed by atoms with E-state index in [1.54, 1.807) is 31.9 Å². The summed E-state index contributed by atoms with van der Waals surface area (Å²) in [5.41, 5.74) is 3.51. The fourth-order valence-corrected chi connectivity index (χ4v) is 3.64. The van der Waals surface area contributed by atoms with Crippen LogP contribution in [0.25, 0.3) is 5.69 Å². The average molecular weight is 426 g/mol. The van der Waals surface area contributed by atoms with E-state index < -0.39 is 0 Å². The van der Waals surface area contributed by atoms with E-state index in [0.29, 0.717) is 35.7 Å². The molecule has 30 heavy (non-hydrogen) atoms. The predicted molar refractivity (Wildman–Crippen MR) is 118 cm³/mol. The normalized spacial score (nSPS) is 10.5. The molecule has 0 saturated carbocycles. The highest BCUT2D eigenvalue weighted by molar-refractivity contribution is 6.33. The number of rotatable bonds is 8. The third kappa shape index (κ3) is 4.33. The number of allylic oxidation sites excluding steroid dienone is 1. The molecule has 3 aromatic rings. The van der Waals surface area contributed by atoms with Gasteiger partial charge in [0.15, 0.2) is 11.5 Å². The Bertz CT molecular complexity index is 1060. The van der Waals surface area contributed by atoms with Crippen molar-refractivity contribution >= 4 is 17.5 Å². The van der Waals surface area contributed by atoms with Gasteiger partial charge in [0.05, 0.1) is 31.2 Å². The number of hydrogen-bond acceptors (Lipinski definition) is 4. The van der Waals surface area contributed by atoms with Crippen molar-refractivity contribution in [3.8, 4) is 17.2 Å². The summed E-state index contributed by atoms with van der Waals surface area (Å²) < 4.78 is 12.5. The standard InChI is InChI=1S/C23H24ClN3O3/c1-5-9-17-12-16(13-19(29-3)21(17)30-4)14-25-23(28)20-15(2)26-27(22(20)24)18-10-7-6-8-11-18/h5-8,10-13H,1,9,14H2,2-4H3,(H,25,28). The number of amides is 1. The minimum atomic E-state index is -0.292. The first-order valence-corrected chi connectivity index (χ1v) is 9.81. The van der Waals surface area contributed by atoms with Crippen molar-refractivity contribution in [2.24, 2.45) is 0 Å². The van der Waals surface area contributed by atoms with Crippen LogP contribution < -0.4 is 14.8 Å². The minimum absolute atomic E-state index is 0.274. The van der Waals surface area contributed by atoms with Crippen LogP contribution >= 0.6 is 11.6 Å². The molecule has 0 spiro atoms. The summed E-state index contributed by atoms with van der Waals surface area (Å²) in [7, 11) is 3.18. The van der Waals surface area contributed by atoms with Gasteiger partial charge in [0.2, 0.25) is 0 Å². The molecule has 0 atom stereocenters. The molecule has 0 saturated heterocycles. The van der Waals surface area contributed by atoms with Gasteiger partial charge >= 0.3 is 0 Å². The Balaban J connectivity index is 1.83. The minimum Gasteiger partial charge on any atom is -0.493 e. The van der Waals surface area contributed by atoms with Gasteiger partial charge in [0.1, 0.15) is 5.15 Å². The van der Waals surface area contributed by atoms with Crippen LogP contribution in [0.4, 0.5) is 0 Å². The molecule has 1 aromatic heterocycles. The molecular weight excluding hydrogens is 402 g/mol. The van der Waals surface area contributed by atoms with E-state index in [4.69, 9.17) is 21.1 Å². The van der Waals surface area contributed by atoms with Crippen LogP contribution in [0, 0.1) is 6.92 Å². The number of para-hydroxylation sites is 1. The van der Waals surface area contributed by atoms with E-state index in [1.807, 2.05) is 42.5 Å². The lowest BCUT2D eigenvalue weighted by Crippen LogP contribution is -2.23. The molecule has 0 bridgehead atoms. The number of benzene rings is 2. The van der Waals surface area contributed by atoms with Gasteiger partial charge in [-0.05, 0) is 43.2 Å². The van der Waals surface area contributed by atoms with Crippen LogP contribution in [0.5, 0.6) is 11.5 Å². The van der Waals surface area contributed by atoms with E-state index in [1.165, 1.54) is 0 Å². The fourth-order valence-electron chi connectivity index (χ4n) is 3.28. The molecule has 0 fully saturated rings. The van der Waals surface area contributed by atoms with Crippen molar-refractivity contribution in [3.05, 3.63) is 82.7 Å². The number of nitrogens with one attached hydrogen (secondary N) is 1. The van der Waals surface area contributed by atoms with Gasteiger partial charge < -0.3 is 14.8 Å². The molecule has 3 rings (SSSR count). The third-order valence-electron chi connectivity index (χ3n) is 4.66. The van der Waals surface area contributed by atoms with Crippen molar-refractivity contribution in [1.29, 1.82) is 0 Å². The van der Waals surface area contributed by atoms with E-state index >= 15 is 0 Å². The number of nitrogens with zero attached hydrogens (tertiary/aromatic N) is 2. The molecule has 7 heteroatoms. The van der Waals surface area contributed by atoms with Gasteiger partial charge in [-0.1, -0.05) is 35.9 Å². The topological polar surface area (TPSA) is 65.4 Å². The summed E-state index contributed by atoms with van der Waals surface area (Å²) in [4.78, 5) is 12.9. The number of carbonyl (C=O) groups excluding carboxylic acids is 1. The average Bonchev–Trinajstić information content (AvgIpc) is 3.06. The Labute approximate surface area is 181 Å². The lowest BCUT2D eigenvalue weighted by Gasteiger charge is -2.15. The highest BCUT2D eigenvalue weighted by Crippen LogP contribution is 2.33. The van der Waals surface area contributed by atoms with E-state index in [-0.39, 0.29) is 11.1 Å². The zero-order valence-electron chi connectivity index (χ0n) is 17.2. The molecule has 1 amide bonds. The van der Waals surface area contributed by atoms with Crippen LogP contribution in [0.3, 0.4) is 0 Å². The number of ether oxygens (including phenoxy) is 2. The summed E-state index contributed by atoms with van der Waals surface area (Å²) in [6.45, 7) is 5.85. The molecule has 0 radical (unpaired) electrons. The lowest BCUT2D eigenvalue weighted by molar-refractivity contribution is 0.0950. The second-order valence-electron chi connectivity index (χ2n) is 6.66. The van der Waals surface area contributed by atoms with Crippen LogP contribution in [0.15, 0.2) is 55.1 Å². The first-order valence-electron chi connectivity index (χ1n) is 9.43. The van der Waals surface area contributed by atoms with Crippen molar-refractivity contribution in [2.75, 3.05) is 14.2 Å². The molecule has 6 nitrogen and oxygen atoms in total. The first kappa shape index (κ1) is 21.5. The van der Waals surface area contributed by atoms with E-state index in [9.17, 15) is 4.79 Å². The maximum atomic E-state index is 12.9. The Morgan fingerprint density at radius 3 is 2.60 bits per heavy atom. The first-order chi connectivity index (χ1) is 14.5. The van der Waals surface area contributed by atoms with Gasteiger partial charge in [-0.3, -0.25) is 4.79 Å². The maximum Gasteiger partial charge on any atom is 0.256 e. The van der Waals surface area contributed by atoms with Crippen LogP contribution in [0.2, 0.25) is 5.15 Å². The summed E-state index contributed by atoms with van der Waals surface area (Å²) in [6, 6.07) is 13.3. The second-order valence-corrected chi connectivity index (χ2v) is 7.02. The molecule has 0 aliphatic carbocycles. The molecule has 1 heterocycles. The van der Waals surface area contributed by atoms with Gasteiger partial charge in [0, 0.05) is 12.1 Å². The lowest BCUT2D eigenvalue weighted by atomic mass is 10.1. The summed E-state index contributed by atoms with van der Waals surface area (Å²) in [5, 5.41) is 7.62. The molecule has 156 valence electrons. The Morgan fingerprint density at radius 1 is 1.23 bits per heavy atom. The molecule has 0 aliphatic rings. The van der Waals surface area contributed by atoms with E-state index in [0.717, 1.165) is 16.8 Å².